The maximum absolute atomic E-state index is 13.6. The van der Waals surface area contributed by atoms with Gasteiger partial charge in [0.1, 0.15) is 5.82 Å². The summed E-state index contributed by atoms with van der Waals surface area (Å²) in [5.74, 6) is -0.864. The van der Waals surface area contributed by atoms with Crippen LogP contribution >= 0.6 is 11.3 Å². The second kappa shape index (κ2) is 5.53. The van der Waals surface area contributed by atoms with Crippen molar-refractivity contribution in [1.29, 1.82) is 0 Å². The predicted octanol–water partition coefficient (Wildman–Crippen LogP) is 4.00. The highest BCUT2D eigenvalue weighted by Gasteiger charge is 2.16. The van der Waals surface area contributed by atoms with Gasteiger partial charge >= 0.3 is 0 Å². The number of amides is 1. The fourth-order valence-electron chi connectivity index (χ4n) is 1.84. The number of hydrogen-bond acceptors (Lipinski definition) is 2. The van der Waals surface area contributed by atoms with E-state index in [0.29, 0.717) is 0 Å². The van der Waals surface area contributed by atoms with E-state index >= 15 is 0 Å². The van der Waals surface area contributed by atoms with Gasteiger partial charge in [-0.3, -0.25) is 4.79 Å². The standard InChI is InChI=1S/C15H16FNOS/c1-9-4-6-13(16)12(8-9)15(18)17-11(3)14-7-5-10(2)19-14/h4-8,11H,1-3H3,(H,17,18). The Balaban J connectivity index is 2.15. The van der Waals surface area contributed by atoms with E-state index in [2.05, 4.69) is 5.32 Å². The van der Waals surface area contributed by atoms with E-state index in [1.54, 1.807) is 23.5 Å². The number of carbonyl (C=O) groups is 1. The normalized spacial score (nSPS) is 12.2. The fourth-order valence-corrected chi connectivity index (χ4v) is 2.72. The van der Waals surface area contributed by atoms with E-state index in [0.717, 1.165) is 10.4 Å². The molecule has 0 bridgehead atoms. The predicted molar refractivity (Wildman–Crippen MR) is 76.1 cm³/mol. The lowest BCUT2D eigenvalue weighted by Gasteiger charge is -2.13. The first-order chi connectivity index (χ1) is 8.97. The zero-order chi connectivity index (χ0) is 14.0. The Kier molecular flexibility index (Phi) is 4.00. The molecule has 1 amide bonds. The van der Waals surface area contributed by atoms with Gasteiger partial charge in [0.25, 0.3) is 5.91 Å². The molecule has 1 aromatic heterocycles. The van der Waals surface area contributed by atoms with Crippen LogP contribution in [0.3, 0.4) is 0 Å². The molecule has 0 aliphatic rings. The summed E-state index contributed by atoms with van der Waals surface area (Å²) in [6.45, 7) is 5.75. The van der Waals surface area contributed by atoms with Crippen LogP contribution in [0.25, 0.3) is 0 Å². The highest BCUT2D eigenvalue weighted by molar-refractivity contribution is 7.12. The van der Waals surface area contributed by atoms with Gasteiger partial charge < -0.3 is 5.32 Å². The second-order valence-electron chi connectivity index (χ2n) is 4.63. The van der Waals surface area contributed by atoms with Crippen molar-refractivity contribution in [2.75, 3.05) is 0 Å². The van der Waals surface area contributed by atoms with Crippen molar-refractivity contribution in [2.45, 2.75) is 26.8 Å². The van der Waals surface area contributed by atoms with Crippen molar-refractivity contribution in [3.05, 3.63) is 57.0 Å². The minimum Gasteiger partial charge on any atom is -0.345 e. The monoisotopic (exact) mass is 277 g/mol. The molecule has 0 fully saturated rings. The number of benzene rings is 1. The average Bonchev–Trinajstić information content (AvgIpc) is 2.79. The van der Waals surface area contributed by atoms with E-state index in [1.807, 2.05) is 32.9 Å². The lowest BCUT2D eigenvalue weighted by Crippen LogP contribution is -2.27. The van der Waals surface area contributed by atoms with Crippen molar-refractivity contribution in [3.8, 4) is 0 Å². The van der Waals surface area contributed by atoms with Gasteiger partial charge in [-0.25, -0.2) is 4.39 Å². The highest BCUT2D eigenvalue weighted by Crippen LogP contribution is 2.22. The van der Waals surface area contributed by atoms with Crippen molar-refractivity contribution in [3.63, 3.8) is 0 Å². The molecule has 1 aromatic carbocycles. The number of thiophene rings is 1. The van der Waals surface area contributed by atoms with Gasteiger partial charge in [0.05, 0.1) is 11.6 Å². The first-order valence-electron chi connectivity index (χ1n) is 6.10. The first kappa shape index (κ1) is 13.7. The molecule has 0 saturated carbocycles. The van der Waals surface area contributed by atoms with E-state index in [9.17, 15) is 9.18 Å². The summed E-state index contributed by atoms with van der Waals surface area (Å²) in [7, 11) is 0. The quantitative estimate of drug-likeness (QED) is 0.903. The molecule has 1 unspecified atom stereocenters. The van der Waals surface area contributed by atoms with Crippen LogP contribution in [-0.4, -0.2) is 5.91 Å². The number of nitrogens with one attached hydrogen (secondary N) is 1. The van der Waals surface area contributed by atoms with E-state index < -0.39 is 5.82 Å². The summed E-state index contributed by atoms with van der Waals surface area (Å²) in [6, 6.07) is 8.42. The molecule has 0 aliphatic heterocycles. The highest BCUT2D eigenvalue weighted by atomic mass is 32.1. The van der Waals surface area contributed by atoms with Crippen LogP contribution in [-0.2, 0) is 0 Å². The van der Waals surface area contributed by atoms with Gasteiger partial charge in [0.15, 0.2) is 0 Å². The van der Waals surface area contributed by atoms with Gasteiger partial charge in [-0.05, 0) is 45.0 Å². The molecule has 0 radical (unpaired) electrons. The largest absolute Gasteiger partial charge is 0.345 e. The van der Waals surface area contributed by atoms with Gasteiger partial charge in [-0.2, -0.15) is 0 Å². The molecule has 4 heteroatoms. The third kappa shape index (κ3) is 3.20. The maximum atomic E-state index is 13.6. The molecule has 2 aromatic rings. The number of halogens is 1. The molecule has 1 N–H and O–H groups in total. The summed E-state index contributed by atoms with van der Waals surface area (Å²) >= 11 is 1.63. The number of hydrogen-bond donors (Lipinski definition) is 1. The van der Waals surface area contributed by atoms with Crippen molar-refractivity contribution < 1.29 is 9.18 Å². The summed E-state index contributed by atoms with van der Waals surface area (Å²) in [5.41, 5.74) is 0.964. The van der Waals surface area contributed by atoms with Crippen LogP contribution in [0, 0.1) is 19.7 Å². The molecule has 1 heterocycles. The van der Waals surface area contributed by atoms with E-state index in [-0.39, 0.29) is 17.5 Å². The van der Waals surface area contributed by atoms with Crippen molar-refractivity contribution >= 4 is 17.2 Å². The Morgan fingerprint density at radius 2 is 2.00 bits per heavy atom. The Hall–Kier alpha value is -1.68. The summed E-state index contributed by atoms with van der Waals surface area (Å²) in [6.07, 6.45) is 0. The average molecular weight is 277 g/mol. The van der Waals surface area contributed by atoms with Crippen LogP contribution in [0.4, 0.5) is 4.39 Å². The topological polar surface area (TPSA) is 29.1 Å². The summed E-state index contributed by atoms with van der Waals surface area (Å²) < 4.78 is 13.6. The SMILES string of the molecule is Cc1ccc(F)c(C(=O)NC(C)c2ccc(C)s2)c1. The molecule has 100 valence electrons. The fraction of sp³-hybridized carbons (Fsp3) is 0.267. The van der Waals surface area contributed by atoms with Gasteiger partial charge in [-0.1, -0.05) is 11.6 Å². The maximum Gasteiger partial charge on any atom is 0.254 e. The first-order valence-corrected chi connectivity index (χ1v) is 6.92. The van der Waals surface area contributed by atoms with Crippen LogP contribution < -0.4 is 5.32 Å². The Morgan fingerprint density at radius 1 is 1.26 bits per heavy atom. The van der Waals surface area contributed by atoms with Gasteiger partial charge in [0, 0.05) is 9.75 Å². The summed E-state index contributed by atoms with van der Waals surface area (Å²) in [4.78, 5) is 14.3. The third-order valence-corrected chi connectivity index (χ3v) is 4.09. The van der Waals surface area contributed by atoms with E-state index in [1.165, 1.54) is 10.9 Å². The zero-order valence-corrected chi connectivity index (χ0v) is 12.0. The third-order valence-electron chi connectivity index (χ3n) is 2.90. The minimum absolute atomic E-state index is 0.0973. The molecule has 0 spiro atoms. The Labute approximate surface area is 116 Å². The Bertz CT molecular complexity index is 606. The second-order valence-corrected chi connectivity index (χ2v) is 5.95. The molecule has 2 rings (SSSR count). The number of carbonyl (C=O) groups excluding carboxylic acids is 1. The number of aryl methyl sites for hydroxylation is 2. The van der Waals surface area contributed by atoms with Crippen molar-refractivity contribution in [1.82, 2.24) is 5.32 Å². The van der Waals surface area contributed by atoms with E-state index in [4.69, 9.17) is 0 Å². The van der Waals surface area contributed by atoms with Crippen LogP contribution in [0.1, 0.15) is 38.6 Å². The lowest BCUT2D eigenvalue weighted by atomic mass is 10.1. The molecule has 1 atom stereocenters. The molecule has 0 aliphatic carbocycles. The van der Waals surface area contributed by atoms with Gasteiger partial charge in [-0.15, -0.1) is 11.3 Å². The number of rotatable bonds is 3. The lowest BCUT2D eigenvalue weighted by molar-refractivity contribution is 0.0936. The summed E-state index contributed by atoms with van der Waals surface area (Å²) in [5, 5.41) is 2.83. The van der Waals surface area contributed by atoms with Gasteiger partial charge in [0.2, 0.25) is 0 Å². The molecule has 0 saturated heterocycles. The smallest absolute Gasteiger partial charge is 0.254 e. The van der Waals surface area contributed by atoms with Crippen molar-refractivity contribution in [2.24, 2.45) is 0 Å². The minimum atomic E-state index is -0.488. The van der Waals surface area contributed by atoms with Crippen LogP contribution in [0.5, 0.6) is 0 Å². The molecular weight excluding hydrogens is 261 g/mol. The molecule has 2 nitrogen and oxygen atoms in total. The Morgan fingerprint density at radius 3 is 2.63 bits per heavy atom. The zero-order valence-electron chi connectivity index (χ0n) is 11.2. The molecule has 19 heavy (non-hydrogen) atoms. The van der Waals surface area contributed by atoms with Crippen LogP contribution in [0.2, 0.25) is 0 Å². The van der Waals surface area contributed by atoms with Crippen LogP contribution in [0.15, 0.2) is 30.3 Å². The molecular formula is C15H16FNOS.